The number of benzene rings is 2. The van der Waals surface area contributed by atoms with Crippen molar-refractivity contribution in [3.63, 3.8) is 0 Å². The summed E-state index contributed by atoms with van der Waals surface area (Å²) in [7, 11) is 0. The van der Waals surface area contributed by atoms with Crippen molar-refractivity contribution in [2.24, 2.45) is 0 Å². The number of aromatic amines is 1. The molecule has 124 valence electrons. The molecule has 0 unspecified atom stereocenters. The van der Waals surface area contributed by atoms with E-state index >= 15 is 0 Å². The molecule has 25 heavy (non-hydrogen) atoms. The number of aryl methyl sites for hydroxylation is 3. The van der Waals surface area contributed by atoms with E-state index in [-0.39, 0.29) is 5.56 Å². The molecule has 0 fully saturated rings. The second-order valence-electron chi connectivity index (χ2n) is 6.49. The number of aromatic nitrogens is 3. The van der Waals surface area contributed by atoms with Gasteiger partial charge >= 0.3 is 0 Å². The zero-order chi connectivity index (χ0) is 17.6. The summed E-state index contributed by atoms with van der Waals surface area (Å²) in [5, 5.41) is 3.14. The van der Waals surface area contributed by atoms with Gasteiger partial charge in [0.1, 0.15) is 0 Å². The average molecular weight is 329 g/mol. The third-order valence-corrected chi connectivity index (χ3v) is 4.45. The maximum atomic E-state index is 12.6. The molecule has 0 saturated heterocycles. The first-order valence-corrected chi connectivity index (χ1v) is 8.29. The Morgan fingerprint density at radius 2 is 1.64 bits per heavy atom. The molecule has 0 radical (unpaired) electrons. The third kappa shape index (κ3) is 2.66. The Labute approximate surface area is 145 Å². The highest BCUT2D eigenvalue weighted by atomic mass is 16.1. The van der Waals surface area contributed by atoms with Crippen molar-refractivity contribution in [1.29, 1.82) is 0 Å². The van der Waals surface area contributed by atoms with Crippen LogP contribution in [0.2, 0.25) is 0 Å². The van der Waals surface area contributed by atoms with Crippen LogP contribution in [0.5, 0.6) is 0 Å². The van der Waals surface area contributed by atoms with E-state index in [1.165, 1.54) is 15.6 Å². The van der Waals surface area contributed by atoms with Gasteiger partial charge in [-0.05, 0) is 26.3 Å². The molecule has 0 aliphatic carbocycles. The van der Waals surface area contributed by atoms with Crippen LogP contribution in [0.25, 0.3) is 28.0 Å². The van der Waals surface area contributed by atoms with E-state index in [9.17, 15) is 4.79 Å². The van der Waals surface area contributed by atoms with Crippen LogP contribution in [0.15, 0.2) is 59.4 Å². The third-order valence-electron chi connectivity index (χ3n) is 4.45. The molecule has 4 heteroatoms. The molecule has 0 spiro atoms. The Kier molecular flexibility index (Phi) is 3.53. The van der Waals surface area contributed by atoms with Gasteiger partial charge in [-0.1, -0.05) is 59.7 Å². The molecular weight excluding hydrogens is 310 g/mol. The smallest absolute Gasteiger partial charge is 0.273 e. The normalized spacial score (nSPS) is 11.2. The molecule has 0 aliphatic heterocycles. The Hall–Kier alpha value is -3.14. The van der Waals surface area contributed by atoms with Gasteiger partial charge in [-0.2, -0.15) is 0 Å². The van der Waals surface area contributed by atoms with Gasteiger partial charge in [0.15, 0.2) is 5.65 Å². The van der Waals surface area contributed by atoms with E-state index < -0.39 is 0 Å². The average Bonchev–Trinajstić information content (AvgIpc) is 2.92. The summed E-state index contributed by atoms with van der Waals surface area (Å²) < 4.78 is 1.52. The number of nitrogens with one attached hydrogen (secondary N) is 1. The number of hydrogen-bond donors (Lipinski definition) is 1. The van der Waals surface area contributed by atoms with Gasteiger partial charge in [0, 0.05) is 22.9 Å². The lowest BCUT2D eigenvalue weighted by atomic mass is 10.0. The van der Waals surface area contributed by atoms with Gasteiger partial charge in [-0.25, -0.2) is 9.50 Å². The molecule has 0 atom stereocenters. The SMILES string of the molecule is Cc1ccc(-c2cc(=O)n3[nH]c(C)c(-c4cccc(C)c4)c3n2)cc1. The van der Waals surface area contributed by atoms with Crippen molar-refractivity contribution >= 4 is 5.65 Å². The zero-order valence-electron chi connectivity index (χ0n) is 14.5. The van der Waals surface area contributed by atoms with Gasteiger partial charge in [-0.15, -0.1) is 0 Å². The monoisotopic (exact) mass is 329 g/mol. The molecule has 2 heterocycles. The number of hydrogen-bond acceptors (Lipinski definition) is 2. The van der Waals surface area contributed by atoms with Crippen LogP contribution in [0, 0.1) is 20.8 Å². The molecular formula is C21H19N3O. The number of nitrogens with zero attached hydrogens (tertiary/aromatic N) is 2. The van der Waals surface area contributed by atoms with Crippen LogP contribution in [0.1, 0.15) is 16.8 Å². The van der Waals surface area contributed by atoms with E-state index in [1.54, 1.807) is 6.07 Å². The number of rotatable bonds is 2. The summed E-state index contributed by atoms with van der Waals surface area (Å²) in [6, 6.07) is 17.9. The lowest BCUT2D eigenvalue weighted by molar-refractivity contribution is 0.882. The minimum absolute atomic E-state index is 0.109. The molecule has 4 aromatic rings. The Morgan fingerprint density at radius 3 is 2.36 bits per heavy atom. The van der Waals surface area contributed by atoms with E-state index in [2.05, 4.69) is 24.2 Å². The highest BCUT2D eigenvalue weighted by Gasteiger charge is 2.15. The minimum Gasteiger partial charge on any atom is -0.293 e. The van der Waals surface area contributed by atoms with E-state index in [0.29, 0.717) is 11.3 Å². The van der Waals surface area contributed by atoms with Crippen molar-refractivity contribution < 1.29 is 0 Å². The molecule has 2 aromatic heterocycles. The van der Waals surface area contributed by atoms with Gasteiger partial charge < -0.3 is 0 Å². The molecule has 0 aliphatic rings. The fourth-order valence-electron chi connectivity index (χ4n) is 3.17. The van der Waals surface area contributed by atoms with Crippen molar-refractivity contribution in [2.75, 3.05) is 0 Å². The summed E-state index contributed by atoms with van der Waals surface area (Å²) in [5.41, 5.74) is 7.49. The second-order valence-corrected chi connectivity index (χ2v) is 6.49. The fourth-order valence-corrected chi connectivity index (χ4v) is 3.17. The largest absolute Gasteiger partial charge is 0.293 e. The second kappa shape index (κ2) is 5.74. The van der Waals surface area contributed by atoms with Crippen molar-refractivity contribution in [3.8, 4) is 22.4 Å². The summed E-state index contributed by atoms with van der Waals surface area (Å²) in [6.07, 6.45) is 0. The first-order chi connectivity index (χ1) is 12.0. The Bertz CT molecular complexity index is 1130. The molecule has 4 rings (SSSR count). The summed E-state index contributed by atoms with van der Waals surface area (Å²) in [5.74, 6) is 0. The first-order valence-electron chi connectivity index (χ1n) is 8.29. The molecule has 1 N–H and O–H groups in total. The number of H-pyrrole nitrogens is 1. The van der Waals surface area contributed by atoms with Crippen LogP contribution in [-0.4, -0.2) is 14.6 Å². The highest BCUT2D eigenvalue weighted by molar-refractivity contribution is 5.81. The van der Waals surface area contributed by atoms with Crippen LogP contribution in [0.3, 0.4) is 0 Å². The molecule has 0 saturated carbocycles. The standard InChI is InChI=1S/C21H19N3O/c1-13-7-9-16(10-8-13)18-12-19(25)24-21(22-18)20(15(3)23-24)17-6-4-5-14(2)11-17/h4-12,23H,1-3H3. The number of fused-ring (bicyclic) bond motifs is 1. The van der Waals surface area contributed by atoms with Crippen LogP contribution >= 0.6 is 0 Å². The molecule has 0 bridgehead atoms. The predicted octanol–water partition coefficient (Wildman–Crippen LogP) is 4.28. The lowest BCUT2D eigenvalue weighted by Crippen LogP contribution is -2.14. The van der Waals surface area contributed by atoms with Gasteiger partial charge in [-0.3, -0.25) is 9.89 Å². The lowest BCUT2D eigenvalue weighted by Gasteiger charge is -2.05. The predicted molar refractivity (Wildman–Crippen MR) is 101 cm³/mol. The minimum atomic E-state index is -0.109. The van der Waals surface area contributed by atoms with Gasteiger partial charge in [0.2, 0.25) is 0 Å². The summed E-state index contributed by atoms with van der Waals surface area (Å²) in [6.45, 7) is 6.07. The van der Waals surface area contributed by atoms with Gasteiger partial charge in [0.05, 0.1) is 5.69 Å². The van der Waals surface area contributed by atoms with E-state index in [0.717, 1.165) is 22.4 Å². The summed E-state index contributed by atoms with van der Waals surface area (Å²) >= 11 is 0. The van der Waals surface area contributed by atoms with Crippen molar-refractivity contribution in [2.45, 2.75) is 20.8 Å². The van der Waals surface area contributed by atoms with Crippen LogP contribution in [0.4, 0.5) is 0 Å². The first kappa shape index (κ1) is 15.4. The highest BCUT2D eigenvalue weighted by Crippen LogP contribution is 2.28. The van der Waals surface area contributed by atoms with Gasteiger partial charge in [0.25, 0.3) is 5.56 Å². The Morgan fingerprint density at radius 1 is 0.880 bits per heavy atom. The van der Waals surface area contributed by atoms with Crippen LogP contribution < -0.4 is 5.56 Å². The maximum Gasteiger partial charge on any atom is 0.273 e. The fraction of sp³-hybridized carbons (Fsp3) is 0.143. The topological polar surface area (TPSA) is 50.2 Å². The van der Waals surface area contributed by atoms with Crippen molar-refractivity contribution in [3.05, 3.63) is 81.8 Å². The Balaban J connectivity index is 2.00. The van der Waals surface area contributed by atoms with Crippen LogP contribution in [-0.2, 0) is 0 Å². The quantitative estimate of drug-likeness (QED) is 0.597. The van der Waals surface area contributed by atoms with Crippen molar-refractivity contribution in [1.82, 2.24) is 14.6 Å². The molecule has 2 aromatic carbocycles. The zero-order valence-corrected chi connectivity index (χ0v) is 14.5. The van der Waals surface area contributed by atoms with E-state index in [1.807, 2.05) is 50.2 Å². The summed E-state index contributed by atoms with van der Waals surface area (Å²) in [4.78, 5) is 17.4. The molecule has 4 nitrogen and oxygen atoms in total. The maximum absolute atomic E-state index is 12.6. The van der Waals surface area contributed by atoms with E-state index in [4.69, 9.17) is 4.98 Å². The molecule has 0 amide bonds.